The lowest BCUT2D eigenvalue weighted by Crippen LogP contribution is -1.81. The molecule has 0 saturated heterocycles. The Morgan fingerprint density at radius 1 is 1.80 bits per heavy atom. The lowest BCUT2D eigenvalue weighted by Gasteiger charge is -1.90. The van der Waals surface area contributed by atoms with Crippen LogP contribution >= 0.6 is 0 Å². The Morgan fingerprint density at radius 2 is 2.60 bits per heavy atom. The molecule has 0 aromatic carbocycles. The molecule has 0 aliphatic heterocycles. The van der Waals surface area contributed by atoms with Crippen LogP contribution in [-0.4, -0.2) is 22.6 Å². The van der Waals surface area contributed by atoms with E-state index < -0.39 is 0 Å². The molecule has 0 N–H and O–H groups in total. The van der Waals surface area contributed by atoms with Crippen molar-refractivity contribution in [2.24, 2.45) is 10.1 Å². The molecule has 0 spiro atoms. The van der Waals surface area contributed by atoms with Gasteiger partial charge in [-0.1, -0.05) is 0 Å². The predicted octanol–water partition coefficient (Wildman–Crippen LogP) is 1.07. The lowest BCUT2D eigenvalue weighted by molar-refractivity contribution is 0.886. The van der Waals surface area contributed by atoms with Gasteiger partial charge in [-0.15, -0.1) is 0 Å². The maximum absolute atomic E-state index is 3.98. The molecular weight excluding hydrogens is 128 g/mol. The molecule has 0 unspecified atom stereocenters. The first-order valence-electron chi connectivity index (χ1n) is 2.86. The smallest absolute Gasteiger partial charge is 0.173 e. The molecule has 1 rings (SSSR count). The fraction of sp³-hybridized carbons (Fsp3) is 0.167. The van der Waals surface area contributed by atoms with E-state index >= 15 is 0 Å². The van der Waals surface area contributed by atoms with Gasteiger partial charge in [0.15, 0.2) is 5.82 Å². The summed E-state index contributed by atoms with van der Waals surface area (Å²) in [6.45, 7) is 5.18. The highest BCUT2D eigenvalue weighted by molar-refractivity contribution is 5.58. The van der Waals surface area contributed by atoms with Crippen LogP contribution in [0.25, 0.3) is 0 Å². The molecule has 4 heteroatoms. The topological polar surface area (TPSA) is 42.5 Å². The summed E-state index contributed by atoms with van der Waals surface area (Å²) in [7, 11) is 0. The molecule has 0 aliphatic carbocycles. The van der Waals surface area contributed by atoms with Crippen LogP contribution in [0.1, 0.15) is 6.92 Å². The van der Waals surface area contributed by atoms with E-state index in [-0.39, 0.29) is 0 Å². The van der Waals surface area contributed by atoms with Gasteiger partial charge in [0.2, 0.25) is 0 Å². The molecule has 0 saturated carbocycles. The Morgan fingerprint density at radius 3 is 3.20 bits per heavy atom. The summed E-state index contributed by atoms with van der Waals surface area (Å²) in [5.41, 5.74) is 0. The van der Waals surface area contributed by atoms with Gasteiger partial charge < -0.3 is 0 Å². The third kappa shape index (κ3) is 1.10. The Kier molecular flexibility index (Phi) is 1.94. The summed E-state index contributed by atoms with van der Waals surface area (Å²) in [6, 6.07) is 0. The van der Waals surface area contributed by atoms with Crippen LogP contribution in [0.15, 0.2) is 22.6 Å². The van der Waals surface area contributed by atoms with E-state index in [1.807, 2.05) is 6.92 Å². The van der Waals surface area contributed by atoms with Crippen LogP contribution in [0.3, 0.4) is 0 Å². The highest BCUT2D eigenvalue weighted by Crippen LogP contribution is 2.08. The van der Waals surface area contributed by atoms with Gasteiger partial charge >= 0.3 is 0 Å². The summed E-state index contributed by atoms with van der Waals surface area (Å²) in [5.74, 6) is 0.692. The number of aliphatic imine (C=N–C) groups is 1. The Balaban J connectivity index is 3.00. The van der Waals surface area contributed by atoms with Crippen molar-refractivity contribution in [1.29, 1.82) is 0 Å². The second kappa shape index (κ2) is 2.91. The second-order valence-corrected chi connectivity index (χ2v) is 1.63. The molecule has 1 aromatic heterocycles. The van der Waals surface area contributed by atoms with Gasteiger partial charge in [-0.25, -0.2) is 14.7 Å². The van der Waals surface area contributed by atoms with Crippen LogP contribution in [0.4, 0.5) is 5.82 Å². The second-order valence-electron chi connectivity index (χ2n) is 1.63. The molecule has 10 heavy (non-hydrogen) atoms. The minimum absolute atomic E-state index is 0.692. The molecule has 0 aliphatic rings. The predicted molar refractivity (Wildman–Crippen MR) is 41.0 cm³/mol. The SMILES string of the molecule is C=Nn1cncc1N=CC. The lowest BCUT2D eigenvalue weighted by atomic mass is 10.7. The van der Waals surface area contributed by atoms with E-state index in [4.69, 9.17) is 0 Å². The Labute approximate surface area is 58.9 Å². The monoisotopic (exact) mass is 136 g/mol. The molecule has 1 heterocycles. The van der Waals surface area contributed by atoms with Crippen LogP contribution < -0.4 is 0 Å². The van der Waals surface area contributed by atoms with Crippen molar-refractivity contribution in [2.45, 2.75) is 6.92 Å². The van der Waals surface area contributed by atoms with E-state index in [0.717, 1.165) is 0 Å². The number of rotatable bonds is 2. The fourth-order valence-corrected chi connectivity index (χ4v) is 0.615. The summed E-state index contributed by atoms with van der Waals surface area (Å²) in [4.78, 5) is 7.81. The van der Waals surface area contributed by atoms with Crippen molar-refractivity contribution in [3.8, 4) is 0 Å². The molecule has 0 atom stereocenters. The maximum Gasteiger partial charge on any atom is 0.173 e. The molecule has 0 amide bonds. The third-order valence-corrected chi connectivity index (χ3v) is 1.01. The van der Waals surface area contributed by atoms with E-state index in [9.17, 15) is 0 Å². The van der Waals surface area contributed by atoms with Gasteiger partial charge in [-0.2, -0.15) is 5.10 Å². The molecule has 4 nitrogen and oxygen atoms in total. The highest BCUT2D eigenvalue weighted by Gasteiger charge is 1.93. The van der Waals surface area contributed by atoms with Crippen molar-refractivity contribution >= 4 is 18.7 Å². The quantitative estimate of drug-likeness (QED) is 0.561. The number of hydrogen-bond acceptors (Lipinski definition) is 3. The molecule has 52 valence electrons. The van der Waals surface area contributed by atoms with Crippen molar-refractivity contribution in [2.75, 3.05) is 0 Å². The van der Waals surface area contributed by atoms with Crippen molar-refractivity contribution in [3.63, 3.8) is 0 Å². The average Bonchev–Trinajstić information content (AvgIpc) is 2.36. The van der Waals surface area contributed by atoms with E-state index in [1.54, 1.807) is 18.7 Å². The van der Waals surface area contributed by atoms with Gasteiger partial charge in [-0.3, -0.25) is 0 Å². The van der Waals surface area contributed by atoms with Crippen LogP contribution in [0, 0.1) is 0 Å². The first kappa shape index (κ1) is 6.67. The van der Waals surface area contributed by atoms with Gasteiger partial charge in [0, 0.05) is 12.9 Å². The zero-order chi connectivity index (χ0) is 7.40. The van der Waals surface area contributed by atoms with Gasteiger partial charge in [-0.05, 0) is 6.92 Å². The number of imidazole rings is 1. The molecule has 1 aromatic rings. The normalized spacial score (nSPS) is 10.5. The van der Waals surface area contributed by atoms with Crippen molar-refractivity contribution < 1.29 is 0 Å². The number of hydrogen-bond donors (Lipinski definition) is 0. The third-order valence-electron chi connectivity index (χ3n) is 1.01. The van der Waals surface area contributed by atoms with E-state index in [1.165, 1.54) is 4.68 Å². The largest absolute Gasteiger partial charge is 0.241 e. The summed E-state index contributed by atoms with van der Waals surface area (Å²) in [5, 5.41) is 3.64. The molecule has 0 bridgehead atoms. The zero-order valence-electron chi connectivity index (χ0n) is 5.73. The molecule has 0 fully saturated rings. The summed E-state index contributed by atoms with van der Waals surface area (Å²) in [6.07, 6.45) is 4.85. The summed E-state index contributed by atoms with van der Waals surface area (Å²) >= 11 is 0. The minimum Gasteiger partial charge on any atom is -0.241 e. The van der Waals surface area contributed by atoms with Gasteiger partial charge in [0.25, 0.3) is 0 Å². The van der Waals surface area contributed by atoms with Crippen LogP contribution in [0.2, 0.25) is 0 Å². The van der Waals surface area contributed by atoms with Crippen LogP contribution in [-0.2, 0) is 0 Å². The zero-order valence-corrected chi connectivity index (χ0v) is 5.73. The molecule has 0 radical (unpaired) electrons. The van der Waals surface area contributed by atoms with Crippen molar-refractivity contribution in [3.05, 3.63) is 12.5 Å². The number of nitrogens with zero attached hydrogens (tertiary/aromatic N) is 4. The van der Waals surface area contributed by atoms with Crippen molar-refractivity contribution in [1.82, 2.24) is 9.66 Å². The molecular formula is C6H8N4. The maximum atomic E-state index is 3.98. The Bertz CT molecular complexity index is 248. The standard InChI is InChI=1S/C6H8N4/c1-3-9-6-4-8-5-10(6)7-2/h3-5H,2H2,1H3. The van der Waals surface area contributed by atoms with Gasteiger partial charge in [0.05, 0.1) is 6.20 Å². The highest BCUT2D eigenvalue weighted by atomic mass is 15.4. The van der Waals surface area contributed by atoms with Crippen LogP contribution in [0.5, 0.6) is 0 Å². The van der Waals surface area contributed by atoms with E-state index in [2.05, 4.69) is 21.8 Å². The van der Waals surface area contributed by atoms with E-state index in [0.29, 0.717) is 5.82 Å². The fourth-order valence-electron chi connectivity index (χ4n) is 0.615. The first-order valence-corrected chi connectivity index (χ1v) is 2.86. The van der Waals surface area contributed by atoms with Gasteiger partial charge in [0.1, 0.15) is 6.33 Å². The summed E-state index contributed by atoms with van der Waals surface area (Å²) < 4.78 is 1.50. The minimum atomic E-state index is 0.692. The average molecular weight is 136 g/mol. The number of aromatic nitrogens is 2. The first-order chi connectivity index (χ1) is 4.88. The Hall–Kier alpha value is -1.45.